The second-order valence-electron chi connectivity index (χ2n) is 3.23. The van der Waals surface area contributed by atoms with Crippen LogP contribution in [0.2, 0.25) is 5.02 Å². The molecule has 0 fully saturated rings. The molecule has 0 saturated carbocycles. The SMILES string of the molecule is O=C(Nc1ccc([N+](=O)[O-])cc1Cl)c1cn[nH]n1. The van der Waals surface area contributed by atoms with Gasteiger partial charge in [0.25, 0.3) is 11.6 Å². The van der Waals surface area contributed by atoms with Gasteiger partial charge in [-0.3, -0.25) is 14.9 Å². The van der Waals surface area contributed by atoms with Crippen molar-refractivity contribution in [2.75, 3.05) is 5.32 Å². The van der Waals surface area contributed by atoms with E-state index in [9.17, 15) is 14.9 Å². The highest BCUT2D eigenvalue weighted by Crippen LogP contribution is 2.26. The van der Waals surface area contributed by atoms with Crippen molar-refractivity contribution in [2.24, 2.45) is 0 Å². The zero-order chi connectivity index (χ0) is 13.1. The number of hydrogen-bond donors (Lipinski definition) is 2. The first-order valence-corrected chi connectivity index (χ1v) is 5.07. The highest BCUT2D eigenvalue weighted by atomic mass is 35.5. The van der Waals surface area contributed by atoms with Crippen LogP contribution in [0.5, 0.6) is 0 Å². The number of carbonyl (C=O) groups excluding carboxylic acids is 1. The maximum atomic E-state index is 11.6. The summed E-state index contributed by atoms with van der Waals surface area (Å²) in [4.78, 5) is 21.6. The van der Waals surface area contributed by atoms with Gasteiger partial charge in [0, 0.05) is 12.1 Å². The maximum absolute atomic E-state index is 11.6. The molecule has 0 aliphatic rings. The third-order valence-electron chi connectivity index (χ3n) is 2.06. The average Bonchev–Trinajstić information content (AvgIpc) is 2.85. The molecule has 1 aromatic carbocycles. The first-order valence-electron chi connectivity index (χ1n) is 4.69. The number of aromatic amines is 1. The van der Waals surface area contributed by atoms with Crippen LogP contribution in [0.25, 0.3) is 0 Å². The highest BCUT2D eigenvalue weighted by Gasteiger charge is 2.13. The molecule has 0 radical (unpaired) electrons. The fourth-order valence-corrected chi connectivity index (χ4v) is 1.44. The monoisotopic (exact) mass is 267 g/mol. The van der Waals surface area contributed by atoms with Crippen molar-refractivity contribution in [1.29, 1.82) is 0 Å². The Balaban J connectivity index is 2.20. The minimum absolute atomic E-state index is 0.0704. The fraction of sp³-hybridized carbons (Fsp3) is 0. The molecule has 1 aromatic heterocycles. The number of anilines is 1. The van der Waals surface area contributed by atoms with Crippen LogP contribution in [0.4, 0.5) is 11.4 Å². The molecule has 2 rings (SSSR count). The van der Waals surface area contributed by atoms with E-state index in [-0.39, 0.29) is 22.1 Å². The third-order valence-corrected chi connectivity index (χ3v) is 2.37. The molecule has 1 amide bonds. The van der Waals surface area contributed by atoms with Crippen LogP contribution in [-0.4, -0.2) is 26.2 Å². The molecule has 0 bridgehead atoms. The number of hydrogen-bond acceptors (Lipinski definition) is 5. The van der Waals surface area contributed by atoms with Gasteiger partial charge in [-0.25, -0.2) is 0 Å². The van der Waals surface area contributed by atoms with Crippen molar-refractivity contribution >= 4 is 28.9 Å². The average molecular weight is 268 g/mol. The van der Waals surface area contributed by atoms with E-state index in [1.165, 1.54) is 18.3 Å². The first kappa shape index (κ1) is 12.0. The molecule has 0 spiro atoms. The number of carbonyl (C=O) groups is 1. The molecule has 2 N–H and O–H groups in total. The van der Waals surface area contributed by atoms with Crippen LogP contribution in [0, 0.1) is 10.1 Å². The van der Waals surface area contributed by atoms with Gasteiger partial charge in [0.05, 0.1) is 21.8 Å². The second-order valence-corrected chi connectivity index (χ2v) is 3.64. The van der Waals surface area contributed by atoms with Crippen molar-refractivity contribution in [3.05, 3.63) is 45.2 Å². The summed E-state index contributed by atoms with van der Waals surface area (Å²) in [6.07, 6.45) is 1.24. The van der Waals surface area contributed by atoms with Crippen molar-refractivity contribution in [3.8, 4) is 0 Å². The van der Waals surface area contributed by atoms with E-state index in [0.717, 1.165) is 6.07 Å². The molecule has 0 aliphatic carbocycles. The van der Waals surface area contributed by atoms with Gasteiger partial charge in [-0.1, -0.05) is 11.6 Å². The standard InChI is InChI=1S/C9H6ClN5O3/c10-6-3-5(15(17)18)1-2-7(6)12-9(16)8-4-11-14-13-8/h1-4H,(H,12,16)(H,11,13,14). The molecular weight excluding hydrogens is 262 g/mol. The van der Waals surface area contributed by atoms with Crippen LogP contribution in [0.1, 0.15) is 10.5 Å². The number of aromatic nitrogens is 3. The van der Waals surface area contributed by atoms with Gasteiger partial charge in [0.2, 0.25) is 0 Å². The Morgan fingerprint density at radius 2 is 2.28 bits per heavy atom. The number of H-pyrrole nitrogens is 1. The zero-order valence-electron chi connectivity index (χ0n) is 8.75. The quantitative estimate of drug-likeness (QED) is 0.648. The zero-order valence-corrected chi connectivity index (χ0v) is 9.51. The molecule has 0 saturated heterocycles. The number of halogens is 1. The lowest BCUT2D eigenvalue weighted by Crippen LogP contribution is -2.12. The largest absolute Gasteiger partial charge is 0.319 e. The number of nitrogens with one attached hydrogen (secondary N) is 2. The van der Waals surface area contributed by atoms with Gasteiger partial charge in [-0.15, -0.1) is 0 Å². The number of nitro groups is 1. The lowest BCUT2D eigenvalue weighted by Gasteiger charge is -2.04. The van der Waals surface area contributed by atoms with E-state index >= 15 is 0 Å². The van der Waals surface area contributed by atoms with Gasteiger partial charge >= 0.3 is 0 Å². The Hall–Kier alpha value is -2.48. The van der Waals surface area contributed by atoms with Crippen molar-refractivity contribution in [2.45, 2.75) is 0 Å². The Labute approximate surface area is 105 Å². The van der Waals surface area contributed by atoms with E-state index in [0.29, 0.717) is 0 Å². The molecule has 0 unspecified atom stereocenters. The molecule has 2 aromatic rings. The van der Waals surface area contributed by atoms with Gasteiger partial charge < -0.3 is 5.32 Å². The molecule has 0 aliphatic heterocycles. The fourth-order valence-electron chi connectivity index (χ4n) is 1.22. The van der Waals surface area contributed by atoms with Gasteiger partial charge in [-0.2, -0.15) is 15.4 Å². The molecule has 8 nitrogen and oxygen atoms in total. The van der Waals surface area contributed by atoms with Crippen molar-refractivity contribution in [1.82, 2.24) is 15.4 Å². The summed E-state index contributed by atoms with van der Waals surface area (Å²) >= 11 is 5.82. The Morgan fingerprint density at radius 1 is 1.50 bits per heavy atom. The summed E-state index contributed by atoms with van der Waals surface area (Å²) in [5.74, 6) is -0.514. The molecule has 92 valence electrons. The summed E-state index contributed by atoms with van der Waals surface area (Å²) in [6, 6.07) is 3.74. The molecule has 18 heavy (non-hydrogen) atoms. The molecule has 1 heterocycles. The lowest BCUT2D eigenvalue weighted by molar-refractivity contribution is -0.384. The Bertz CT molecular complexity index is 598. The lowest BCUT2D eigenvalue weighted by atomic mass is 10.2. The normalized spacial score (nSPS) is 10.1. The van der Waals surface area contributed by atoms with Crippen LogP contribution >= 0.6 is 11.6 Å². The van der Waals surface area contributed by atoms with Crippen LogP contribution in [-0.2, 0) is 0 Å². The smallest absolute Gasteiger partial charge is 0.277 e. The van der Waals surface area contributed by atoms with E-state index < -0.39 is 10.8 Å². The number of benzene rings is 1. The van der Waals surface area contributed by atoms with Gasteiger partial charge in [0.1, 0.15) is 0 Å². The van der Waals surface area contributed by atoms with Gasteiger partial charge in [-0.05, 0) is 6.07 Å². The maximum Gasteiger partial charge on any atom is 0.277 e. The first-order chi connectivity index (χ1) is 8.58. The summed E-state index contributed by atoms with van der Waals surface area (Å²) in [5, 5.41) is 22.4. The van der Waals surface area contributed by atoms with E-state index in [4.69, 9.17) is 11.6 Å². The third kappa shape index (κ3) is 2.43. The summed E-state index contributed by atoms with van der Waals surface area (Å²) < 4.78 is 0. The number of nitrogens with zero attached hydrogens (tertiary/aromatic N) is 3. The van der Waals surface area contributed by atoms with E-state index in [1.807, 2.05) is 0 Å². The minimum atomic E-state index is -0.574. The summed E-state index contributed by atoms with van der Waals surface area (Å²) in [5.41, 5.74) is 0.194. The van der Waals surface area contributed by atoms with E-state index in [1.54, 1.807) is 0 Å². The molecule has 9 heteroatoms. The van der Waals surface area contributed by atoms with E-state index in [2.05, 4.69) is 20.7 Å². The van der Waals surface area contributed by atoms with Crippen LogP contribution < -0.4 is 5.32 Å². The van der Waals surface area contributed by atoms with Crippen molar-refractivity contribution in [3.63, 3.8) is 0 Å². The minimum Gasteiger partial charge on any atom is -0.319 e. The number of amides is 1. The Morgan fingerprint density at radius 3 is 2.83 bits per heavy atom. The summed E-state index contributed by atoms with van der Waals surface area (Å²) in [7, 11) is 0. The van der Waals surface area contributed by atoms with Crippen molar-refractivity contribution < 1.29 is 9.72 Å². The number of rotatable bonds is 3. The summed E-state index contributed by atoms with van der Waals surface area (Å²) in [6.45, 7) is 0. The second kappa shape index (κ2) is 4.80. The number of non-ortho nitro benzene ring substituents is 1. The van der Waals surface area contributed by atoms with Crippen LogP contribution in [0.15, 0.2) is 24.4 Å². The van der Waals surface area contributed by atoms with Gasteiger partial charge in [0.15, 0.2) is 5.69 Å². The van der Waals surface area contributed by atoms with Crippen LogP contribution in [0.3, 0.4) is 0 Å². The predicted molar refractivity (Wildman–Crippen MR) is 62.4 cm³/mol. The molecule has 0 atom stereocenters. The highest BCUT2D eigenvalue weighted by molar-refractivity contribution is 6.34. The molecular formula is C9H6ClN5O3. The number of nitro benzene ring substituents is 1. The predicted octanol–water partition coefficient (Wildman–Crippen LogP) is 1.62. The Kier molecular flexibility index (Phi) is 3.20. The topological polar surface area (TPSA) is 114 Å².